The third kappa shape index (κ3) is 1.89. The van der Waals surface area contributed by atoms with Crippen LogP contribution in [0.15, 0.2) is 24.3 Å². The van der Waals surface area contributed by atoms with Crippen molar-refractivity contribution in [3.63, 3.8) is 0 Å². The van der Waals surface area contributed by atoms with Gasteiger partial charge in [-0.1, -0.05) is 13.8 Å². The molecule has 1 N–H and O–H groups in total. The molecule has 80 valence electrons. The molecule has 0 aliphatic heterocycles. The van der Waals surface area contributed by atoms with E-state index in [0.717, 1.165) is 23.7 Å². The molecule has 2 aromatic rings. The number of nitrogens with one attached hydrogen (secondary N) is 1. The molecule has 0 aliphatic rings. The fraction of sp³-hybridized carbons (Fsp3) is 0.385. The molecule has 2 heteroatoms. The third-order valence-electron chi connectivity index (χ3n) is 3.03. The fourth-order valence-electron chi connectivity index (χ4n) is 2.07. The molecule has 1 heterocycles. The van der Waals surface area contributed by atoms with Gasteiger partial charge in [-0.15, -0.1) is 0 Å². The van der Waals surface area contributed by atoms with Crippen LogP contribution >= 0.6 is 0 Å². The summed E-state index contributed by atoms with van der Waals surface area (Å²) in [7, 11) is 0. The Labute approximate surface area is 89.3 Å². The number of benzene rings is 1. The van der Waals surface area contributed by atoms with Crippen molar-refractivity contribution in [1.29, 1.82) is 0 Å². The van der Waals surface area contributed by atoms with Crippen LogP contribution in [0.5, 0.6) is 0 Å². The minimum atomic E-state index is -0.169. The first-order chi connectivity index (χ1) is 7.24. The van der Waals surface area contributed by atoms with Gasteiger partial charge in [0.05, 0.1) is 0 Å². The number of rotatable bonds is 3. The summed E-state index contributed by atoms with van der Waals surface area (Å²) in [4.78, 5) is 3.36. The summed E-state index contributed by atoms with van der Waals surface area (Å²) in [6, 6.07) is 6.94. The van der Waals surface area contributed by atoms with Crippen LogP contribution in [-0.2, 0) is 0 Å². The van der Waals surface area contributed by atoms with Crippen molar-refractivity contribution in [2.24, 2.45) is 0 Å². The van der Waals surface area contributed by atoms with Gasteiger partial charge in [0.25, 0.3) is 0 Å². The summed E-state index contributed by atoms with van der Waals surface area (Å²) < 4.78 is 13.0. The topological polar surface area (TPSA) is 15.8 Å². The molecule has 0 aliphatic carbocycles. The molecule has 0 radical (unpaired) electrons. The molecule has 1 nitrogen and oxygen atoms in total. The Balaban J connectivity index is 2.46. The van der Waals surface area contributed by atoms with Gasteiger partial charge in [0.15, 0.2) is 0 Å². The van der Waals surface area contributed by atoms with Crippen molar-refractivity contribution in [1.82, 2.24) is 4.98 Å². The largest absolute Gasteiger partial charge is 0.358 e. The Hall–Kier alpha value is -1.31. The molecule has 0 atom stereocenters. The van der Waals surface area contributed by atoms with Crippen molar-refractivity contribution >= 4 is 10.9 Å². The second-order valence-electron chi connectivity index (χ2n) is 3.97. The van der Waals surface area contributed by atoms with Gasteiger partial charge in [-0.05, 0) is 43.0 Å². The minimum absolute atomic E-state index is 0.169. The molecule has 0 saturated heterocycles. The van der Waals surface area contributed by atoms with Gasteiger partial charge >= 0.3 is 0 Å². The van der Waals surface area contributed by atoms with E-state index in [9.17, 15) is 4.39 Å². The maximum Gasteiger partial charge on any atom is 0.123 e. The number of hydrogen-bond donors (Lipinski definition) is 1. The average Bonchev–Trinajstić information content (AvgIpc) is 2.62. The highest BCUT2D eigenvalue weighted by Crippen LogP contribution is 2.26. The van der Waals surface area contributed by atoms with Gasteiger partial charge in [-0.25, -0.2) is 4.39 Å². The lowest BCUT2D eigenvalue weighted by Gasteiger charge is -2.08. The van der Waals surface area contributed by atoms with Crippen LogP contribution in [0.4, 0.5) is 4.39 Å². The number of aromatic amines is 1. The van der Waals surface area contributed by atoms with E-state index in [1.165, 1.54) is 11.8 Å². The summed E-state index contributed by atoms with van der Waals surface area (Å²) in [5.74, 6) is 0.387. The molecule has 0 fully saturated rings. The molecule has 2 rings (SSSR count). The second kappa shape index (κ2) is 4.05. The minimum Gasteiger partial charge on any atom is -0.358 e. The van der Waals surface area contributed by atoms with E-state index in [1.807, 2.05) is 0 Å². The molecule has 15 heavy (non-hydrogen) atoms. The van der Waals surface area contributed by atoms with E-state index >= 15 is 0 Å². The summed E-state index contributed by atoms with van der Waals surface area (Å²) in [6.45, 7) is 4.36. The first kappa shape index (κ1) is 10.2. The van der Waals surface area contributed by atoms with Crippen LogP contribution in [0.25, 0.3) is 10.9 Å². The van der Waals surface area contributed by atoms with Crippen LogP contribution in [0.3, 0.4) is 0 Å². The molecular weight excluding hydrogens is 189 g/mol. The lowest BCUT2D eigenvalue weighted by atomic mass is 10.00. The Morgan fingerprint density at radius 2 is 1.93 bits per heavy atom. The van der Waals surface area contributed by atoms with Gasteiger partial charge in [0, 0.05) is 16.6 Å². The molecule has 1 aromatic carbocycles. The Kier molecular flexibility index (Phi) is 2.76. The summed E-state index contributed by atoms with van der Waals surface area (Å²) in [6.07, 6.45) is 2.23. The SMILES string of the molecule is CCC(CC)c1cc2cc(F)ccc2[nH]1. The van der Waals surface area contributed by atoms with Gasteiger partial charge in [-0.2, -0.15) is 0 Å². The number of fused-ring (bicyclic) bond motifs is 1. The third-order valence-corrected chi connectivity index (χ3v) is 3.03. The summed E-state index contributed by atoms with van der Waals surface area (Å²) in [5.41, 5.74) is 2.25. The highest BCUT2D eigenvalue weighted by atomic mass is 19.1. The highest BCUT2D eigenvalue weighted by Gasteiger charge is 2.10. The van der Waals surface area contributed by atoms with Crippen LogP contribution in [0.1, 0.15) is 38.3 Å². The smallest absolute Gasteiger partial charge is 0.123 e. The van der Waals surface area contributed by atoms with E-state index < -0.39 is 0 Å². The van der Waals surface area contributed by atoms with E-state index in [0.29, 0.717) is 5.92 Å². The zero-order valence-corrected chi connectivity index (χ0v) is 9.18. The molecular formula is C13H16FN. The normalized spacial score (nSPS) is 11.5. The standard InChI is InChI=1S/C13H16FN/c1-3-9(4-2)13-8-10-7-11(14)5-6-12(10)15-13/h5-9,15H,3-4H2,1-2H3. The van der Waals surface area contributed by atoms with Crippen LogP contribution in [0, 0.1) is 5.82 Å². The predicted molar refractivity (Wildman–Crippen MR) is 61.6 cm³/mol. The molecule has 0 amide bonds. The second-order valence-corrected chi connectivity index (χ2v) is 3.97. The quantitative estimate of drug-likeness (QED) is 0.772. The van der Waals surface area contributed by atoms with Crippen LogP contribution in [-0.4, -0.2) is 4.98 Å². The Morgan fingerprint density at radius 3 is 2.60 bits per heavy atom. The van der Waals surface area contributed by atoms with Gasteiger partial charge in [0.2, 0.25) is 0 Å². The van der Waals surface area contributed by atoms with E-state index in [2.05, 4.69) is 24.9 Å². The van der Waals surface area contributed by atoms with Gasteiger partial charge in [-0.3, -0.25) is 0 Å². The summed E-state index contributed by atoms with van der Waals surface area (Å²) >= 11 is 0. The molecule has 0 spiro atoms. The Bertz CT molecular complexity index is 455. The monoisotopic (exact) mass is 205 g/mol. The van der Waals surface area contributed by atoms with Crippen LogP contribution in [0.2, 0.25) is 0 Å². The van der Waals surface area contributed by atoms with Crippen molar-refractivity contribution in [3.8, 4) is 0 Å². The van der Waals surface area contributed by atoms with Gasteiger partial charge < -0.3 is 4.98 Å². The average molecular weight is 205 g/mol. The van der Waals surface area contributed by atoms with Crippen molar-refractivity contribution in [2.75, 3.05) is 0 Å². The summed E-state index contributed by atoms with van der Waals surface area (Å²) in [5, 5.41) is 0.969. The fourth-order valence-corrected chi connectivity index (χ4v) is 2.07. The molecule has 1 aromatic heterocycles. The number of halogens is 1. The zero-order valence-electron chi connectivity index (χ0n) is 9.18. The lowest BCUT2D eigenvalue weighted by Crippen LogP contribution is -1.94. The zero-order chi connectivity index (χ0) is 10.8. The number of hydrogen-bond acceptors (Lipinski definition) is 0. The molecule has 0 saturated carbocycles. The first-order valence-electron chi connectivity index (χ1n) is 5.52. The van der Waals surface area contributed by atoms with Crippen LogP contribution < -0.4 is 0 Å². The predicted octanol–water partition coefficient (Wildman–Crippen LogP) is 4.21. The number of aromatic nitrogens is 1. The molecule has 0 unspecified atom stereocenters. The van der Waals surface area contributed by atoms with E-state index in [-0.39, 0.29) is 5.82 Å². The van der Waals surface area contributed by atoms with Gasteiger partial charge in [0.1, 0.15) is 5.82 Å². The van der Waals surface area contributed by atoms with E-state index in [1.54, 1.807) is 12.1 Å². The lowest BCUT2D eigenvalue weighted by molar-refractivity contribution is 0.628. The maximum atomic E-state index is 13.0. The highest BCUT2D eigenvalue weighted by molar-refractivity contribution is 5.80. The Morgan fingerprint density at radius 1 is 1.20 bits per heavy atom. The molecule has 0 bridgehead atoms. The van der Waals surface area contributed by atoms with Crippen molar-refractivity contribution < 1.29 is 4.39 Å². The van der Waals surface area contributed by atoms with Crippen molar-refractivity contribution in [2.45, 2.75) is 32.6 Å². The van der Waals surface area contributed by atoms with Crippen molar-refractivity contribution in [3.05, 3.63) is 35.8 Å². The first-order valence-corrected chi connectivity index (χ1v) is 5.52. The van der Waals surface area contributed by atoms with E-state index in [4.69, 9.17) is 0 Å². The number of H-pyrrole nitrogens is 1. The maximum absolute atomic E-state index is 13.0.